The highest BCUT2D eigenvalue weighted by atomic mass is 35.5. The number of nitrogens with one attached hydrogen (secondary N) is 3. The summed E-state index contributed by atoms with van der Waals surface area (Å²) < 4.78 is 20.9. The molecule has 30 heavy (non-hydrogen) atoms. The molecule has 0 aliphatic rings. The average molecular weight is 442 g/mol. The van der Waals surface area contributed by atoms with Crippen molar-refractivity contribution < 1.29 is 8.95 Å². The van der Waals surface area contributed by atoms with Gasteiger partial charge in [0.2, 0.25) is 5.56 Å². The van der Waals surface area contributed by atoms with Crippen LogP contribution in [0.2, 0.25) is 5.02 Å². The number of benzene rings is 2. The Kier molecular flexibility index (Phi) is 5.64. The molecule has 0 radical (unpaired) electrons. The van der Waals surface area contributed by atoms with E-state index in [-0.39, 0.29) is 11.4 Å². The summed E-state index contributed by atoms with van der Waals surface area (Å²) in [6.07, 6.45) is 1.38. The van der Waals surface area contributed by atoms with Crippen molar-refractivity contribution in [2.45, 2.75) is 4.90 Å². The maximum absolute atomic E-state index is 12.8. The fourth-order valence-electron chi connectivity index (χ4n) is 2.67. The molecule has 0 aliphatic carbocycles. The van der Waals surface area contributed by atoms with Gasteiger partial charge >= 0.3 is 0 Å². The predicted molar refractivity (Wildman–Crippen MR) is 118 cm³/mol. The van der Waals surface area contributed by atoms with Gasteiger partial charge in [-0.2, -0.15) is 0 Å². The number of hydrogen-bond donors (Lipinski definition) is 3. The van der Waals surface area contributed by atoms with Crippen molar-refractivity contribution in [3.63, 3.8) is 0 Å². The van der Waals surface area contributed by atoms with Gasteiger partial charge in [0.05, 0.1) is 33.7 Å². The Labute approximate surface area is 178 Å². The number of aromatic amines is 1. The number of rotatable bonds is 6. The molecule has 8 nitrogen and oxygen atoms in total. The Morgan fingerprint density at radius 2 is 1.77 bits per heavy atom. The topological polar surface area (TPSA) is 109 Å². The third kappa shape index (κ3) is 4.27. The van der Waals surface area contributed by atoms with Gasteiger partial charge in [-0.25, -0.2) is 14.2 Å². The molecule has 0 spiro atoms. The van der Waals surface area contributed by atoms with Crippen molar-refractivity contribution in [2.24, 2.45) is 0 Å². The first kappa shape index (κ1) is 19.9. The van der Waals surface area contributed by atoms with Crippen molar-refractivity contribution in [1.29, 1.82) is 0 Å². The molecule has 4 rings (SSSR count). The number of H-pyrrole nitrogens is 1. The Balaban J connectivity index is 1.75. The lowest BCUT2D eigenvalue weighted by Gasteiger charge is -2.14. The van der Waals surface area contributed by atoms with Crippen molar-refractivity contribution >= 4 is 50.9 Å². The van der Waals surface area contributed by atoms with Gasteiger partial charge in [-0.15, -0.1) is 0 Å². The van der Waals surface area contributed by atoms with Crippen LogP contribution >= 0.6 is 11.6 Å². The number of anilines is 3. The van der Waals surface area contributed by atoms with Crippen LogP contribution in [0.15, 0.2) is 70.5 Å². The highest BCUT2D eigenvalue weighted by Gasteiger charge is 2.15. The molecule has 0 aliphatic heterocycles. The lowest BCUT2D eigenvalue weighted by atomic mass is 10.3. The number of halogens is 1. The third-order valence-electron chi connectivity index (χ3n) is 4.16. The van der Waals surface area contributed by atoms with E-state index in [0.29, 0.717) is 38.2 Å². The summed E-state index contributed by atoms with van der Waals surface area (Å²) in [6.45, 7) is 0. The minimum Gasteiger partial charge on any atom is -0.497 e. The SMILES string of the molecule is COc1ccc(Cl)c(Nc2nc3ccccc3nc2NS(=O)c2ccc(=O)[nH]c2)c1. The van der Waals surface area contributed by atoms with E-state index in [0.717, 1.165) is 0 Å². The molecule has 1 unspecified atom stereocenters. The van der Waals surface area contributed by atoms with Gasteiger partial charge < -0.3 is 15.0 Å². The highest BCUT2D eigenvalue weighted by molar-refractivity contribution is 7.86. The molecule has 0 bridgehead atoms. The summed E-state index contributed by atoms with van der Waals surface area (Å²) in [4.78, 5) is 23.3. The Hall–Kier alpha value is -3.43. The zero-order valence-corrected chi connectivity index (χ0v) is 17.3. The first-order chi connectivity index (χ1) is 14.5. The van der Waals surface area contributed by atoms with E-state index in [1.807, 2.05) is 18.2 Å². The van der Waals surface area contributed by atoms with E-state index in [1.54, 1.807) is 31.4 Å². The number of para-hydroxylation sites is 2. The highest BCUT2D eigenvalue weighted by Crippen LogP contribution is 2.32. The van der Waals surface area contributed by atoms with E-state index in [9.17, 15) is 9.00 Å². The largest absolute Gasteiger partial charge is 0.497 e. The molecular formula is C20H16ClN5O3S. The second-order valence-electron chi connectivity index (χ2n) is 6.14. The van der Waals surface area contributed by atoms with Crippen LogP contribution in [0.1, 0.15) is 0 Å². The summed E-state index contributed by atoms with van der Waals surface area (Å²) in [5, 5.41) is 3.59. The molecule has 0 saturated heterocycles. The smallest absolute Gasteiger partial charge is 0.247 e. The zero-order valence-electron chi connectivity index (χ0n) is 15.7. The minimum atomic E-state index is -1.69. The molecule has 152 valence electrons. The van der Waals surface area contributed by atoms with Crippen molar-refractivity contribution in [1.82, 2.24) is 15.0 Å². The number of nitrogens with zero attached hydrogens (tertiary/aromatic N) is 2. The maximum Gasteiger partial charge on any atom is 0.247 e. The van der Waals surface area contributed by atoms with Crippen LogP contribution in [0.4, 0.5) is 17.3 Å². The monoisotopic (exact) mass is 441 g/mol. The number of methoxy groups -OCH3 is 1. The summed E-state index contributed by atoms with van der Waals surface area (Å²) in [6, 6.07) is 15.3. The Morgan fingerprint density at radius 3 is 2.43 bits per heavy atom. The molecule has 2 heterocycles. The van der Waals surface area contributed by atoms with Crippen LogP contribution in [-0.4, -0.2) is 26.3 Å². The molecule has 1 atom stereocenters. The lowest BCUT2D eigenvalue weighted by molar-refractivity contribution is 0.415. The van der Waals surface area contributed by atoms with Gasteiger partial charge in [0.15, 0.2) is 22.6 Å². The maximum atomic E-state index is 12.8. The molecule has 4 aromatic rings. The molecule has 3 N–H and O–H groups in total. The second kappa shape index (κ2) is 8.52. The van der Waals surface area contributed by atoms with E-state index in [2.05, 4.69) is 25.0 Å². The van der Waals surface area contributed by atoms with Crippen LogP contribution in [0.5, 0.6) is 5.75 Å². The van der Waals surface area contributed by atoms with Gasteiger partial charge in [0, 0.05) is 18.3 Å². The van der Waals surface area contributed by atoms with E-state index in [1.165, 1.54) is 18.3 Å². The van der Waals surface area contributed by atoms with Crippen molar-refractivity contribution in [2.75, 3.05) is 17.1 Å². The van der Waals surface area contributed by atoms with Gasteiger partial charge in [-0.3, -0.25) is 9.52 Å². The first-order valence-electron chi connectivity index (χ1n) is 8.78. The number of hydrogen-bond acceptors (Lipinski definition) is 6. The van der Waals surface area contributed by atoms with E-state index >= 15 is 0 Å². The zero-order chi connectivity index (χ0) is 21.1. The second-order valence-corrected chi connectivity index (χ2v) is 7.76. The van der Waals surface area contributed by atoms with Crippen LogP contribution in [0.3, 0.4) is 0 Å². The van der Waals surface area contributed by atoms with Crippen molar-refractivity contribution in [3.8, 4) is 5.75 Å². The first-order valence-corrected chi connectivity index (χ1v) is 10.3. The average Bonchev–Trinajstić information content (AvgIpc) is 2.76. The van der Waals surface area contributed by atoms with E-state index < -0.39 is 11.0 Å². The normalized spacial score (nSPS) is 11.8. The van der Waals surface area contributed by atoms with Gasteiger partial charge in [0.25, 0.3) is 0 Å². The fourth-order valence-corrected chi connectivity index (χ4v) is 3.63. The predicted octanol–water partition coefficient (Wildman–Crippen LogP) is 3.86. The Bertz CT molecular complexity index is 1290. The summed E-state index contributed by atoms with van der Waals surface area (Å²) in [5.41, 5.74) is 1.55. The lowest BCUT2D eigenvalue weighted by Crippen LogP contribution is -2.12. The van der Waals surface area contributed by atoms with Gasteiger partial charge in [-0.1, -0.05) is 23.7 Å². The summed E-state index contributed by atoms with van der Waals surface area (Å²) >= 11 is 6.31. The van der Waals surface area contributed by atoms with Gasteiger partial charge in [-0.05, 0) is 30.3 Å². The standard InChI is InChI=1S/C20H16ClN5O3S/c1-29-12-6-8-14(21)17(10-12)25-19-20(24-16-5-3-2-4-15(16)23-19)26-30(28)13-7-9-18(27)22-11-13/h2-11H,1H3,(H,22,27)(H,23,25)(H,24,26). The van der Waals surface area contributed by atoms with Crippen LogP contribution in [0.25, 0.3) is 11.0 Å². The van der Waals surface area contributed by atoms with Crippen LogP contribution in [-0.2, 0) is 11.0 Å². The minimum absolute atomic E-state index is 0.261. The number of ether oxygens (including phenoxy) is 1. The van der Waals surface area contributed by atoms with Crippen molar-refractivity contribution in [3.05, 3.63) is 76.2 Å². The number of aromatic nitrogens is 3. The molecule has 2 aromatic carbocycles. The molecule has 0 fully saturated rings. The number of pyridine rings is 1. The Morgan fingerprint density at radius 1 is 1.03 bits per heavy atom. The molecule has 0 amide bonds. The van der Waals surface area contributed by atoms with Crippen LogP contribution < -0.4 is 20.3 Å². The third-order valence-corrected chi connectivity index (χ3v) is 5.55. The van der Waals surface area contributed by atoms with E-state index in [4.69, 9.17) is 16.3 Å². The fraction of sp³-hybridized carbons (Fsp3) is 0.0500. The summed E-state index contributed by atoms with van der Waals surface area (Å²) in [5.74, 6) is 1.21. The van der Waals surface area contributed by atoms with Gasteiger partial charge in [0.1, 0.15) is 5.75 Å². The molecule has 0 saturated carbocycles. The summed E-state index contributed by atoms with van der Waals surface area (Å²) in [7, 11) is -0.127. The quantitative estimate of drug-likeness (QED) is 0.419. The molecule has 2 aromatic heterocycles. The van der Waals surface area contributed by atoms with Crippen LogP contribution in [0, 0.1) is 0 Å². The number of fused-ring (bicyclic) bond motifs is 1. The molecular weight excluding hydrogens is 426 g/mol. The molecule has 10 heteroatoms.